The predicted octanol–water partition coefficient (Wildman–Crippen LogP) is 1.48. The zero-order chi connectivity index (χ0) is 14.8. The topological polar surface area (TPSA) is 57.6 Å². The van der Waals surface area contributed by atoms with E-state index in [1.165, 1.54) is 0 Å². The average molecular weight is 297 g/mol. The van der Waals surface area contributed by atoms with Crippen LogP contribution in [0.4, 0.5) is 0 Å². The van der Waals surface area contributed by atoms with Crippen LogP contribution >= 0.6 is 0 Å². The lowest BCUT2D eigenvalue weighted by atomic mass is 9.82. The van der Waals surface area contributed by atoms with Gasteiger partial charge in [0.2, 0.25) is 0 Å². The van der Waals surface area contributed by atoms with Crippen molar-refractivity contribution in [3.63, 3.8) is 0 Å². The largest absolute Gasteiger partial charge is 0.388 e. The molecule has 0 radical (unpaired) electrons. The van der Waals surface area contributed by atoms with E-state index in [-0.39, 0.29) is 16.9 Å². The minimum Gasteiger partial charge on any atom is -0.388 e. The summed E-state index contributed by atoms with van der Waals surface area (Å²) in [7, 11) is -2.85. The van der Waals surface area contributed by atoms with Crippen LogP contribution in [0.15, 0.2) is 30.3 Å². The predicted molar refractivity (Wildman–Crippen MR) is 80.3 cm³/mol. The van der Waals surface area contributed by atoms with Crippen molar-refractivity contribution >= 4 is 9.84 Å². The highest BCUT2D eigenvalue weighted by atomic mass is 32.2. The number of sulfone groups is 1. The van der Waals surface area contributed by atoms with Gasteiger partial charge in [-0.1, -0.05) is 44.2 Å². The minimum atomic E-state index is -2.85. The summed E-state index contributed by atoms with van der Waals surface area (Å²) in [5, 5.41) is 10.5. The highest BCUT2D eigenvalue weighted by Gasteiger charge is 2.33. The lowest BCUT2D eigenvalue weighted by Crippen LogP contribution is -2.46. The summed E-state index contributed by atoms with van der Waals surface area (Å²) in [6.07, 6.45) is -0.553. The van der Waals surface area contributed by atoms with Crippen molar-refractivity contribution in [1.29, 1.82) is 0 Å². The molecule has 1 N–H and O–H groups in total. The van der Waals surface area contributed by atoms with E-state index >= 15 is 0 Å². The fraction of sp³-hybridized carbons (Fsp3) is 0.600. The molecule has 1 aliphatic heterocycles. The Balaban J connectivity index is 2.01. The van der Waals surface area contributed by atoms with Crippen LogP contribution in [0, 0.1) is 5.41 Å². The second kappa shape index (κ2) is 5.84. The lowest BCUT2D eigenvalue weighted by molar-refractivity contribution is 0.0221. The quantitative estimate of drug-likeness (QED) is 0.914. The Morgan fingerprint density at radius 1 is 1.20 bits per heavy atom. The molecule has 0 saturated carbocycles. The fourth-order valence-corrected chi connectivity index (χ4v) is 3.93. The highest BCUT2D eigenvalue weighted by molar-refractivity contribution is 7.91. The molecule has 1 saturated heterocycles. The van der Waals surface area contributed by atoms with Crippen molar-refractivity contribution < 1.29 is 13.5 Å². The first-order chi connectivity index (χ1) is 9.30. The Hall–Kier alpha value is -0.910. The van der Waals surface area contributed by atoms with Crippen LogP contribution in [0.1, 0.15) is 25.5 Å². The van der Waals surface area contributed by atoms with Crippen LogP contribution in [-0.2, 0) is 9.84 Å². The Labute approximate surface area is 121 Å². The van der Waals surface area contributed by atoms with Gasteiger partial charge in [-0.05, 0) is 5.56 Å². The van der Waals surface area contributed by atoms with Crippen molar-refractivity contribution in [2.75, 3.05) is 31.1 Å². The molecule has 1 atom stereocenters. The van der Waals surface area contributed by atoms with Crippen LogP contribution in [-0.4, -0.2) is 49.6 Å². The number of aliphatic hydroxyl groups is 1. The van der Waals surface area contributed by atoms with E-state index in [1.807, 2.05) is 44.2 Å². The number of aliphatic hydroxyl groups excluding tert-OH is 1. The number of nitrogens with zero attached hydrogens (tertiary/aromatic N) is 1. The maximum absolute atomic E-state index is 11.4. The third kappa shape index (κ3) is 3.81. The van der Waals surface area contributed by atoms with Crippen molar-refractivity contribution in [2.45, 2.75) is 20.0 Å². The van der Waals surface area contributed by atoms with Gasteiger partial charge in [0.05, 0.1) is 17.6 Å². The van der Waals surface area contributed by atoms with E-state index in [9.17, 15) is 13.5 Å². The molecule has 0 aromatic heterocycles. The number of hydrogen-bond donors (Lipinski definition) is 1. The second-order valence-electron chi connectivity index (χ2n) is 6.23. The van der Waals surface area contributed by atoms with Crippen molar-refractivity contribution in [3.8, 4) is 0 Å². The summed E-state index contributed by atoms with van der Waals surface area (Å²) in [6.45, 7) is 5.86. The van der Waals surface area contributed by atoms with Crippen molar-refractivity contribution in [2.24, 2.45) is 5.41 Å². The first-order valence-corrected chi connectivity index (χ1v) is 8.78. The molecule has 4 nitrogen and oxygen atoms in total. The first-order valence-electron chi connectivity index (χ1n) is 6.96. The number of benzene rings is 1. The molecule has 1 aromatic rings. The molecule has 0 spiro atoms. The van der Waals surface area contributed by atoms with E-state index in [0.29, 0.717) is 19.6 Å². The molecule has 1 unspecified atom stereocenters. The molecule has 1 fully saturated rings. The van der Waals surface area contributed by atoms with Gasteiger partial charge in [-0.25, -0.2) is 8.42 Å². The van der Waals surface area contributed by atoms with Crippen molar-refractivity contribution in [1.82, 2.24) is 4.90 Å². The zero-order valence-electron chi connectivity index (χ0n) is 12.1. The van der Waals surface area contributed by atoms with Crippen LogP contribution < -0.4 is 0 Å². The first kappa shape index (κ1) is 15.5. The number of rotatable bonds is 4. The Morgan fingerprint density at radius 2 is 1.75 bits per heavy atom. The summed E-state index contributed by atoms with van der Waals surface area (Å²) < 4.78 is 22.9. The lowest BCUT2D eigenvalue weighted by Gasteiger charge is -2.37. The van der Waals surface area contributed by atoms with Crippen molar-refractivity contribution in [3.05, 3.63) is 35.9 Å². The molecule has 112 valence electrons. The molecule has 20 heavy (non-hydrogen) atoms. The molecule has 0 amide bonds. The van der Waals surface area contributed by atoms with E-state index in [1.54, 1.807) is 0 Å². The molecule has 0 bridgehead atoms. The summed E-state index contributed by atoms with van der Waals surface area (Å²) in [4.78, 5) is 2.13. The third-order valence-corrected chi connectivity index (χ3v) is 5.53. The van der Waals surface area contributed by atoms with Crippen LogP contribution in [0.2, 0.25) is 0 Å². The third-order valence-electron chi connectivity index (χ3n) is 3.92. The standard InChI is InChI=1S/C15H23NO3S/c1-15(2,14(17)13-6-4-3-5-7-13)12-16-8-10-20(18,19)11-9-16/h3-7,14,17H,8-12H2,1-2H3. The smallest absolute Gasteiger partial charge is 0.152 e. The summed E-state index contributed by atoms with van der Waals surface area (Å²) in [5.41, 5.74) is 0.588. The maximum Gasteiger partial charge on any atom is 0.152 e. The van der Waals surface area contributed by atoms with Gasteiger partial charge >= 0.3 is 0 Å². The molecular weight excluding hydrogens is 274 g/mol. The normalized spacial score (nSPS) is 21.6. The SMILES string of the molecule is CC(C)(CN1CCS(=O)(=O)CC1)C(O)c1ccccc1. The van der Waals surface area contributed by atoms with E-state index in [2.05, 4.69) is 4.90 Å². The molecule has 1 aliphatic rings. The molecule has 5 heteroatoms. The second-order valence-corrected chi connectivity index (χ2v) is 8.53. The van der Waals surface area contributed by atoms with E-state index in [0.717, 1.165) is 5.56 Å². The Kier molecular flexibility index (Phi) is 4.52. The molecule has 1 aromatic carbocycles. The highest BCUT2D eigenvalue weighted by Crippen LogP contribution is 2.34. The average Bonchev–Trinajstić information content (AvgIpc) is 2.41. The van der Waals surface area contributed by atoms with Gasteiger partial charge in [-0.15, -0.1) is 0 Å². The van der Waals surface area contributed by atoms with Gasteiger partial charge in [0.25, 0.3) is 0 Å². The van der Waals surface area contributed by atoms with Crippen LogP contribution in [0.5, 0.6) is 0 Å². The molecule has 0 aliphatic carbocycles. The summed E-state index contributed by atoms with van der Waals surface area (Å²) in [5.74, 6) is 0.453. The fourth-order valence-electron chi connectivity index (χ4n) is 2.66. The summed E-state index contributed by atoms with van der Waals surface area (Å²) in [6, 6.07) is 9.61. The Morgan fingerprint density at radius 3 is 2.30 bits per heavy atom. The van der Waals surface area contributed by atoms with Gasteiger partial charge in [0.1, 0.15) is 0 Å². The van der Waals surface area contributed by atoms with E-state index in [4.69, 9.17) is 0 Å². The Bertz CT molecular complexity index is 525. The zero-order valence-corrected chi connectivity index (χ0v) is 12.9. The van der Waals surface area contributed by atoms with Gasteiger partial charge in [-0.3, -0.25) is 0 Å². The monoisotopic (exact) mass is 297 g/mol. The molecular formula is C15H23NO3S. The minimum absolute atomic E-state index is 0.227. The van der Waals surface area contributed by atoms with Crippen LogP contribution in [0.25, 0.3) is 0 Å². The van der Waals surface area contributed by atoms with E-state index < -0.39 is 15.9 Å². The van der Waals surface area contributed by atoms with Gasteiger partial charge in [-0.2, -0.15) is 0 Å². The number of hydrogen-bond acceptors (Lipinski definition) is 4. The van der Waals surface area contributed by atoms with Gasteiger partial charge in [0, 0.05) is 25.0 Å². The van der Waals surface area contributed by atoms with Gasteiger partial charge in [0.15, 0.2) is 9.84 Å². The van der Waals surface area contributed by atoms with Gasteiger partial charge < -0.3 is 10.0 Å². The maximum atomic E-state index is 11.4. The molecule has 2 rings (SSSR count). The molecule has 1 heterocycles. The summed E-state index contributed by atoms with van der Waals surface area (Å²) >= 11 is 0. The van der Waals surface area contributed by atoms with Crippen LogP contribution in [0.3, 0.4) is 0 Å².